The molecule has 1 saturated heterocycles. The van der Waals surface area contributed by atoms with Crippen LogP contribution in [0.15, 0.2) is 47.5 Å². The Balaban J connectivity index is 1.85. The summed E-state index contributed by atoms with van der Waals surface area (Å²) in [4.78, 5) is 29.9. The van der Waals surface area contributed by atoms with Crippen LogP contribution in [0.3, 0.4) is 0 Å². The number of amides is 2. The van der Waals surface area contributed by atoms with Gasteiger partial charge in [0.25, 0.3) is 5.91 Å². The molecule has 3 N–H and O–H groups in total. The molecule has 0 atom stereocenters. The smallest absolute Gasteiger partial charge is 0.252 e. The molecule has 0 radical (unpaired) electrons. The number of hydrogen-bond donors (Lipinski definition) is 2. The molecular weight excluding hydrogens is 454 g/mol. The Kier molecular flexibility index (Phi) is 6.28. The zero-order chi connectivity index (χ0) is 24.6. The summed E-state index contributed by atoms with van der Waals surface area (Å²) >= 11 is 0. The second-order valence-corrected chi connectivity index (χ2v) is 10.4. The van der Waals surface area contributed by atoms with E-state index >= 15 is 0 Å². The minimum Gasteiger partial charge on any atom is -0.365 e. The number of benzene rings is 2. The molecule has 1 aliphatic heterocycles. The summed E-state index contributed by atoms with van der Waals surface area (Å²) in [5.74, 6) is -0.749. The van der Waals surface area contributed by atoms with Crippen LogP contribution in [-0.2, 0) is 14.8 Å². The lowest BCUT2D eigenvalue weighted by molar-refractivity contribution is -0.129. The first-order chi connectivity index (χ1) is 16.1. The highest BCUT2D eigenvalue weighted by Gasteiger charge is 2.32. The molecule has 34 heavy (non-hydrogen) atoms. The lowest BCUT2D eigenvalue weighted by atomic mass is 10.1. The van der Waals surface area contributed by atoms with Crippen molar-refractivity contribution in [2.24, 2.45) is 5.73 Å². The Hall–Kier alpha value is -3.50. The third-order valence-electron chi connectivity index (χ3n) is 5.94. The van der Waals surface area contributed by atoms with Crippen molar-refractivity contribution in [2.75, 3.05) is 31.5 Å². The van der Waals surface area contributed by atoms with Crippen molar-refractivity contribution in [3.63, 3.8) is 0 Å². The topological polar surface area (TPSA) is 126 Å². The van der Waals surface area contributed by atoms with E-state index in [1.54, 1.807) is 24.0 Å². The third kappa shape index (κ3) is 4.46. The third-order valence-corrected chi connectivity index (χ3v) is 7.85. The number of nitrogens with one attached hydrogen (secondary N) is 1. The van der Waals surface area contributed by atoms with Crippen molar-refractivity contribution in [3.8, 4) is 0 Å². The standard InChI is InChI=1S/C24H27N5O4S/c1-15-5-4-6-18(11-15)27-22-19-12-16(2)13-21(23(19)26-14-20(22)24(25)31)34(32,33)29-9-7-28(8-10-29)17(3)30/h4-6,11-14H,7-10H2,1-3H3,(H2,25,31)(H,26,27). The maximum atomic E-state index is 13.6. The van der Waals surface area contributed by atoms with Gasteiger partial charge in [-0.15, -0.1) is 0 Å². The van der Waals surface area contributed by atoms with Gasteiger partial charge >= 0.3 is 0 Å². The lowest BCUT2D eigenvalue weighted by Crippen LogP contribution is -2.50. The van der Waals surface area contributed by atoms with E-state index in [1.165, 1.54) is 17.4 Å². The number of nitrogens with zero attached hydrogens (tertiary/aromatic N) is 3. The molecule has 1 aliphatic rings. The summed E-state index contributed by atoms with van der Waals surface area (Å²) in [5, 5.41) is 3.73. The number of rotatable bonds is 5. The van der Waals surface area contributed by atoms with Crippen molar-refractivity contribution in [1.29, 1.82) is 0 Å². The summed E-state index contributed by atoms with van der Waals surface area (Å²) in [6, 6.07) is 11.0. The molecule has 178 valence electrons. The van der Waals surface area contributed by atoms with E-state index in [0.29, 0.717) is 29.7 Å². The number of carbonyl (C=O) groups excluding carboxylic acids is 2. The molecule has 1 aromatic heterocycles. The number of aryl methyl sites for hydroxylation is 2. The molecule has 4 rings (SSSR count). The Morgan fingerprint density at radius 3 is 2.35 bits per heavy atom. The molecule has 3 aromatic rings. The molecule has 2 aromatic carbocycles. The predicted molar refractivity (Wildman–Crippen MR) is 130 cm³/mol. The largest absolute Gasteiger partial charge is 0.365 e. The number of nitrogens with two attached hydrogens (primary N) is 1. The van der Waals surface area contributed by atoms with Crippen LogP contribution in [0, 0.1) is 13.8 Å². The van der Waals surface area contributed by atoms with Crippen LogP contribution in [-0.4, -0.2) is 60.6 Å². The molecule has 0 aliphatic carbocycles. The molecule has 0 spiro atoms. The van der Waals surface area contributed by atoms with Gasteiger partial charge in [0, 0.05) is 50.4 Å². The van der Waals surface area contributed by atoms with Gasteiger partial charge in [-0.3, -0.25) is 14.6 Å². The van der Waals surface area contributed by atoms with E-state index < -0.39 is 15.9 Å². The first-order valence-corrected chi connectivity index (χ1v) is 12.3. The molecule has 0 bridgehead atoms. The fraction of sp³-hybridized carbons (Fsp3) is 0.292. The Morgan fingerprint density at radius 2 is 1.74 bits per heavy atom. The number of anilines is 2. The quantitative estimate of drug-likeness (QED) is 0.577. The van der Waals surface area contributed by atoms with Crippen LogP contribution >= 0.6 is 0 Å². The summed E-state index contributed by atoms with van der Waals surface area (Å²) in [6.45, 7) is 6.28. The Morgan fingerprint density at radius 1 is 1.03 bits per heavy atom. The predicted octanol–water partition coefficient (Wildman–Crippen LogP) is 2.55. The van der Waals surface area contributed by atoms with Crippen molar-refractivity contribution >= 4 is 44.1 Å². The average molecular weight is 482 g/mol. The fourth-order valence-electron chi connectivity index (χ4n) is 4.18. The summed E-state index contributed by atoms with van der Waals surface area (Å²) < 4.78 is 28.6. The van der Waals surface area contributed by atoms with Crippen LogP contribution in [0.5, 0.6) is 0 Å². The number of sulfonamides is 1. The lowest BCUT2D eigenvalue weighted by Gasteiger charge is -2.33. The van der Waals surface area contributed by atoms with Crippen molar-refractivity contribution in [2.45, 2.75) is 25.7 Å². The van der Waals surface area contributed by atoms with E-state index in [4.69, 9.17) is 5.73 Å². The van der Waals surface area contributed by atoms with Crippen LogP contribution in [0.1, 0.15) is 28.4 Å². The zero-order valence-electron chi connectivity index (χ0n) is 19.3. The maximum Gasteiger partial charge on any atom is 0.252 e. The van der Waals surface area contributed by atoms with Gasteiger partial charge in [-0.25, -0.2) is 8.42 Å². The number of pyridine rings is 1. The number of primary amides is 1. The van der Waals surface area contributed by atoms with Crippen molar-refractivity contribution in [3.05, 3.63) is 59.3 Å². The number of piperazine rings is 1. The van der Waals surface area contributed by atoms with E-state index in [2.05, 4.69) is 10.3 Å². The number of carbonyl (C=O) groups is 2. The van der Waals surface area contributed by atoms with Crippen LogP contribution < -0.4 is 11.1 Å². The number of hydrogen-bond acceptors (Lipinski definition) is 6. The molecule has 2 amide bonds. The second kappa shape index (κ2) is 9.03. The van der Waals surface area contributed by atoms with Crippen molar-refractivity contribution in [1.82, 2.24) is 14.2 Å². The minimum atomic E-state index is -3.90. The van der Waals surface area contributed by atoms with Gasteiger partial charge in [-0.1, -0.05) is 12.1 Å². The SMILES string of the molecule is CC(=O)N1CCN(S(=O)(=O)c2cc(C)cc3c(Nc4cccc(C)c4)c(C(N)=O)cnc23)CC1. The van der Waals surface area contributed by atoms with Gasteiger partial charge < -0.3 is 16.0 Å². The summed E-state index contributed by atoms with van der Waals surface area (Å²) in [6.07, 6.45) is 1.31. The highest BCUT2D eigenvalue weighted by molar-refractivity contribution is 7.89. The van der Waals surface area contributed by atoms with E-state index in [9.17, 15) is 18.0 Å². The highest BCUT2D eigenvalue weighted by Crippen LogP contribution is 2.34. The molecule has 0 saturated carbocycles. The van der Waals surface area contributed by atoms with Gasteiger partial charge in [0.1, 0.15) is 4.90 Å². The Labute approximate surface area is 198 Å². The van der Waals surface area contributed by atoms with Gasteiger partial charge in [-0.05, 0) is 49.2 Å². The summed E-state index contributed by atoms with van der Waals surface area (Å²) in [5.41, 5.74) is 8.91. The minimum absolute atomic E-state index is 0.0575. The second-order valence-electron chi connectivity index (χ2n) is 8.47. The fourth-order valence-corrected chi connectivity index (χ4v) is 5.84. The molecule has 10 heteroatoms. The number of aromatic nitrogens is 1. The van der Waals surface area contributed by atoms with Gasteiger partial charge in [0.05, 0.1) is 16.8 Å². The van der Waals surface area contributed by atoms with Gasteiger partial charge in [-0.2, -0.15) is 4.31 Å². The molecule has 0 unspecified atom stereocenters. The van der Waals surface area contributed by atoms with Gasteiger partial charge in [0.2, 0.25) is 15.9 Å². The molecular formula is C24H27N5O4S. The van der Waals surface area contributed by atoms with E-state index in [0.717, 1.165) is 11.3 Å². The van der Waals surface area contributed by atoms with Crippen LogP contribution in [0.2, 0.25) is 0 Å². The monoisotopic (exact) mass is 481 g/mol. The van der Waals surface area contributed by atoms with Crippen molar-refractivity contribution < 1.29 is 18.0 Å². The highest BCUT2D eigenvalue weighted by atomic mass is 32.2. The van der Waals surface area contributed by atoms with Gasteiger partial charge in [0.15, 0.2) is 0 Å². The molecule has 1 fully saturated rings. The molecule has 2 heterocycles. The maximum absolute atomic E-state index is 13.6. The zero-order valence-corrected chi connectivity index (χ0v) is 20.1. The first-order valence-electron chi connectivity index (χ1n) is 10.9. The van der Waals surface area contributed by atoms with Crippen LogP contribution in [0.4, 0.5) is 11.4 Å². The van der Waals surface area contributed by atoms with Crippen LogP contribution in [0.25, 0.3) is 10.9 Å². The average Bonchev–Trinajstić information content (AvgIpc) is 2.78. The summed E-state index contributed by atoms with van der Waals surface area (Å²) in [7, 11) is -3.90. The Bertz CT molecular complexity index is 1400. The molecule has 9 nitrogen and oxygen atoms in total. The normalized spacial score (nSPS) is 14.9. The van der Waals surface area contributed by atoms with E-state index in [-0.39, 0.29) is 35.0 Å². The first kappa shape index (κ1) is 23.7. The number of fused-ring (bicyclic) bond motifs is 1. The van der Waals surface area contributed by atoms with E-state index in [1.807, 2.05) is 31.2 Å².